The lowest BCUT2D eigenvalue weighted by Crippen LogP contribution is -2.61. The molecule has 0 saturated heterocycles. The first kappa shape index (κ1) is 13.1. The van der Waals surface area contributed by atoms with Crippen LogP contribution in [0.25, 0.3) is 0 Å². The molecule has 0 fully saturated rings. The molecular formula is C12H17NO2S. The molecule has 0 amide bonds. The Labute approximate surface area is 101 Å². The van der Waals surface area contributed by atoms with Crippen LogP contribution >= 0.6 is 12.6 Å². The zero-order valence-corrected chi connectivity index (χ0v) is 10.4. The number of aliphatic carboxylic acids is 1. The van der Waals surface area contributed by atoms with Crippen LogP contribution in [0.2, 0.25) is 0 Å². The fraction of sp³-hybridized carbons (Fsp3) is 0.417. The van der Waals surface area contributed by atoms with Gasteiger partial charge in [-0.25, -0.2) is 0 Å². The Morgan fingerprint density at radius 1 is 1.38 bits per heavy atom. The maximum Gasteiger partial charge on any atom is 0.325 e. The van der Waals surface area contributed by atoms with Crippen LogP contribution in [0.15, 0.2) is 30.3 Å². The van der Waals surface area contributed by atoms with E-state index in [0.717, 1.165) is 5.56 Å². The summed E-state index contributed by atoms with van der Waals surface area (Å²) < 4.78 is -0.797. The SMILES string of the molecule is CC(C)(S)[C@@](N)(Cc1ccccc1)C(=O)O. The number of benzene rings is 1. The predicted octanol–water partition coefficient (Wildman–Crippen LogP) is 1.72. The number of hydrogen-bond acceptors (Lipinski definition) is 3. The summed E-state index contributed by atoms with van der Waals surface area (Å²) in [5.41, 5.74) is 5.49. The maximum absolute atomic E-state index is 11.3. The summed E-state index contributed by atoms with van der Waals surface area (Å²) >= 11 is 4.30. The second-order valence-electron chi connectivity index (χ2n) is 4.50. The lowest BCUT2D eigenvalue weighted by atomic mass is 9.81. The molecule has 3 N–H and O–H groups in total. The second-order valence-corrected chi connectivity index (χ2v) is 5.62. The third-order valence-corrected chi connectivity index (χ3v) is 3.20. The van der Waals surface area contributed by atoms with Gasteiger partial charge in [-0.3, -0.25) is 4.79 Å². The number of nitrogens with two attached hydrogens (primary N) is 1. The predicted molar refractivity (Wildman–Crippen MR) is 67.8 cm³/mol. The molecule has 0 spiro atoms. The van der Waals surface area contributed by atoms with Gasteiger partial charge in [0.05, 0.1) is 0 Å². The van der Waals surface area contributed by atoms with Crippen LogP contribution in [0.4, 0.5) is 0 Å². The van der Waals surface area contributed by atoms with Gasteiger partial charge in [0.2, 0.25) is 0 Å². The molecule has 1 aromatic rings. The molecule has 0 unspecified atom stereocenters. The lowest BCUT2D eigenvalue weighted by molar-refractivity contribution is -0.144. The Hall–Kier alpha value is -1.00. The van der Waals surface area contributed by atoms with Gasteiger partial charge in [0.15, 0.2) is 0 Å². The summed E-state index contributed by atoms with van der Waals surface area (Å²) in [6, 6.07) is 9.34. The summed E-state index contributed by atoms with van der Waals surface area (Å²) in [6.45, 7) is 3.43. The maximum atomic E-state index is 11.3. The van der Waals surface area contributed by atoms with Crippen LogP contribution in [-0.4, -0.2) is 21.4 Å². The molecular weight excluding hydrogens is 222 g/mol. The number of carboxylic acid groups (broad SMARTS) is 1. The average Bonchev–Trinajstić information content (AvgIpc) is 2.17. The molecule has 0 aliphatic carbocycles. The molecule has 88 valence electrons. The number of rotatable bonds is 4. The van der Waals surface area contributed by atoms with Crippen molar-refractivity contribution in [2.45, 2.75) is 30.6 Å². The Morgan fingerprint density at radius 3 is 2.25 bits per heavy atom. The van der Waals surface area contributed by atoms with E-state index >= 15 is 0 Å². The fourth-order valence-electron chi connectivity index (χ4n) is 1.47. The highest BCUT2D eigenvalue weighted by molar-refractivity contribution is 7.81. The summed E-state index contributed by atoms with van der Waals surface area (Å²) in [4.78, 5) is 11.3. The molecule has 0 heterocycles. The van der Waals surface area contributed by atoms with Crippen LogP contribution in [0, 0.1) is 0 Å². The number of carboxylic acids is 1. The average molecular weight is 239 g/mol. The van der Waals surface area contributed by atoms with Gasteiger partial charge in [-0.05, 0) is 19.4 Å². The zero-order valence-electron chi connectivity index (χ0n) is 9.47. The highest BCUT2D eigenvalue weighted by Gasteiger charge is 2.46. The molecule has 0 aromatic heterocycles. The fourth-order valence-corrected chi connectivity index (χ4v) is 1.65. The van der Waals surface area contributed by atoms with Crippen molar-refractivity contribution in [2.75, 3.05) is 0 Å². The first-order valence-electron chi connectivity index (χ1n) is 5.06. The van der Waals surface area contributed by atoms with E-state index in [2.05, 4.69) is 12.6 Å². The molecule has 0 aliphatic rings. The van der Waals surface area contributed by atoms with E-state index in [1.165, 1.54) is 0 Å². The quantitative estimate of drug-likeness (QED) is 0.701. The third-order valence-electron chi connectivity index (χ3n) is 2.80. The van der Waals surface area contributed by atoms with Gasteiger partial charge in [-0.1, -0.05) is 30.3 Å². The topological polar surface area (TPSA) is 63.3 Å². The van der Waals surface area contributed by atoms with Gasteiger partial charge in [-0.15, -0.1) is 0 Å². The van der Waals surface area contributed by atoms with Crippen LogP contribution in [-0.2, 0) is 11.2 Å². The first-order chi connectivity index (χ1) is 7.27. The van der Waals surface area contributed by atoms with E-state index in [0.29, 0.717) is 0 Å². The molecule has 0 bridgehead atoms. The van der Waals surface area contributed by atoms with Gasteiger partial charge < -0.3 is 10.8 Å². The Bertz CT molecular complexity index is 372. The van der Waals surface area contributed by atoms with Crippen molar-refractivity contribution >= 4 is 18.6 Å². The van der Waals surface area contributed by atoms with Gasteiger partial charge in [-0.2, -0.15) is 12.6 Å². The van der Waals surface area contributed by atoms with Crippen LogP contribution in [0.5, 0.6) is 0 Å². The van der Waals surface area contributed by atoms with E-state index < -0.39 is 16.3 Å². The molecule has 0 aliphatic heterocycles. The van der Waals surface area contributed by atoms with Crippen LogP contribution in [0.1, 0.15) is 19.4 Å². The zero-order chi connectivity index (χ0) is 12.4. The third kappa shape index (κ3) is 2.57. The van der Waals surface area contributed by atoms with Gasteiger partial charge in [0, 0.05) is 11.2 Å². The van der Waals surface area contributed by atoms with Gasteiger partial charge in [0.1, 0.15) is 5.54 Å². The molecule has 1 atom stereocenters. The standard InChI is InChI=1S/C12H17NO2S/c1-11(2,16)12(13,10(14)15)8-9-6-4-3-5-7-9/h3-7,16H,8,13H2,1-2H3,(H,14,15)/t12-/m1/s1. The van der Waals surface area contributed by atoms with E-state index in [4.69, 9.17) is 5.73 Å². The van der Waals surface area contributed by atoms with E-state index in [9.17, 15) is 9.90 Å². The minimum atomic E-state index is -1.38. The van der Waals surface area contributed by atoms with Gasteiger partial charge in [0.25, 0.3) is 0 Å². The normalized spacial score (nSPS) is 15.5. The number of hydrogen-bond donors (Lipinski definition) is 3. The van der Waals surface area contributed by atoms with Crippen LogP contribution < -0.4 is 5.73 Å². The first-order valence-corrected chi connectivity index (χ1v) is 5.51. The monoisotopic (exact) mass is 239 g/mol. The van der Waals surface area contributed by atoms with Crippen molar-refractivity contribution in [2.24, 2.45) is 5.73 Å². The van der Waals surface area contributed by atoms with E-state index in [1.807, 2.05) is 30.3 Å². The second kappa shape index (κ2) is 4.47. The Balaban J connectivity index is 3.03. The van der Waals surface area contributed by atoms with Crippen molar-refractivity contribution in [1.29, 1.82) is 0 Å². The molecule has 0 radical (unpaired) electrons. The van der Waals surface area contributed by atoms with Crippen molar-refractivity contribution in [3.63, 3.8) is 0 Å². The molecule has 4 heteroatoms. The van der Waals surface area contributed by atoms with Gasteiger partial charge >= 0.3 is 5.97 Å². The molecule has 16 heavy (non-hydrogen) atoms. The minimum Gasteiger partial charge on any atom is -0.480 e. The summed E-state index contributed by atoms with van der Waals surface area (Å²) in [5.74, 6) is -1.03. The smallest absolute Gasteiger partial charge is 0.325 e. The van der Waals surface area contributed by atoms with Crippen molar-refractivity contribution in [3.05, 3.63) is 35.9 Å². The van der Waals surface area contributed by atoms with E-state index in [-0.39, 0.29) is 6.42 Å². The van der Waals surface area contributed by atoms with Crippen molar-refractivity contribution < 1.29 is 9.90 Å². The molecule has 1 aromatic carbocycles. The van der Waals surface area contributed by atoms with Crippen molar-refractivity contribution in [3.8, 4) is 0 Å². The minimum absolute atomic E-state index is 0.264. The Morgan fingerprint density at radius 2 is 1.88 bits per heavy atom. The highest BCUT2D eigenvalue weighted by atomic mass is 32.1. The number of carbonyl (C=O) groups is 1. The van der Waals surface area contributed by atoms with E-state index in [1.54, 1.807) is 13.8 Å². The summed E-state index contributed by atoms with van der Waals surface area (Å²) in [5, 5.41) is 9.26. The molecule has 1 rings (SSSR count). The summed E-state index contributed by atoms with van der Waals surface area (Å²) in [7, 11) is 0. The molecule has 3 nitrogen and oxygen atoms in total. The van der Waals surface area contributed by atoms with Crippen molar-refractivity contribution in [1.82, 2.24) is 0 Å². The van der Waals surface area contributed by atoms with Crippen LogP contribution in [0.3, 0.4) is 0 Å². The number of thiol groups is 1. The summed E-state index contributed by atoms with van der Waals surface area (Å²) in [6.07, 6.45) is 0.264. The molecule has 0 saturated carbocycles. The lowest BCUT2D eigenvalue weighted by Gasteiger charge is -2.37. The Kier molecular flexibility index (Phi) is 3.65. The highest BCUT2D eigenvalue weighted by Crippen LogP contribution is 2.29. The largest absolute Gasteiger partial charge is 0.480 e.